The lowest BCUT2D eigenvalue weighted by Crippen LogP contribution is -2.12. The van der Waals surface area contributed by atoms with Crippen molar-refractivity contribution in [3.63, 3.8) is 0 Å². The molecule has 0 bridgehead atoms. The van der Waals surface area contributed by atoms with Crippen molar-refractivity contribution in [2.24, 2.45) is 0 Å². The Balaban J connectivity index is 1.95. The van der Waals surface area contributed by atoms with Crippen molar-refractivity contribution < 1.29 is 9.52 Å². The summed E-state index contributed by atoms with van der Waals surface area (Å²) >= 11 is 5.97. The van der Waals surface area contributed by atoms with Gasteiger partial charge in [-0.1, -0.05) is 17.7 Å². The molecule has 0 amide bonds. The molecule has 0 saturated heterocycles. The van der Waals surface area contributed by atoms with Gasteiger partial charge in [0.25, 0.3) is 0 Å². The average molecular weight is 238 g/mol. The number of halogens is 1. The van der Waals surface area contributed by atoms with Crippen molar-refractivity contribution in [2.75, 3.05) is 0 Å². The number of benzene rings is 1. The Morgan fingerprint density at radius 1 is 1.25 bits per heavy atom. The van der Waals surface area contributed by atoms with Gasteiger partial charge in [0.15, 0.2) is 0 Å². The SMILES string of the molecule is Oc1cccc(Cl)c1CNCc1ccoc1. The molecule has 0 aliphatic rings. The Morgan fingerprint density at radius 3 is 2.81 bits per heavy atom. The lowest BCUT2D eigenvalue weighted by Gasteiger charge is -2.07. The Kier molecular flexibility index (Phi) is 3.49. The molecule has 0 unspecified atom stereocenters. The molecule has 0 radical (unpaired) electrons. The third-order valence-corrected chi connectivity index (χ3v) is 2.66. The van der Waals surface area contributed by atoms with Gasteiger partial charge in [0, 0.05) is 29.2 Å². The lowest BCUT2D eigenvalue weighted by atomic mass is 10.2. The van der Waals surface area contributed by atoms with Crippen LogP contribution in [0.15, 0.2) is 41.2 Å². The Hall–Kier alpha value is -1.45. The summed E-state index contributed by atoms with van der Waals surface area (Å²) in [5.41, 5.74) is 1.78. The highest BCUT2D eigenvalue weighted by Gasteiger charge is 2.05. The fourth-order valence-electron chi connectivity index (χ4n) is 1.45. The number of phenols is 1. The van der Waals surface area contributed by atoms with E-state index in [4.69, 9.17) is 16.0 Å². The molecule has 0 aliphatic heterocycles. The van der Waals surface area contributed by atoms with Crippen LogP contribution in [0.2, 0.25) is 5.02 Å². The second-order valence-electron chi connectivity index (χ2n) is 3.47. The zero-order chi connectivity index (χ0) is 11.4. The summed E-state index contributed by atoms with van der Waals surface area (Å²) in [5.74, 6) is 0.215. The fraction of sp³-hybridized carbons (Fsp3) is 0.167. The molecule has 4 heteroatoms. The first-order valence-electron chi connectivity index (χ1n) is 4.95. The predicted molar refractivity (Wildman–Crippen MR) is 62.4 cm³/mol. The molecule has 84 valence electrons. The van der Waals surface area contributed by atoms with E-state index in [1.54, 1.807) is 30.7 Å². The van der Waals surface area contributed by atoms with Crippen LogP contribution in [0, 0.1) is 0 Å². The largest absolute Gasteiger partial charge is 0.508 e. The molecule has 0 saturated carbocycles. The average Bonchev–Trinajstić information content (AvgIpc) is 2.75. The molecule has 1 aromatic heterocycles. The van der Waals surface area contributed by atoms with Crippen LogP contribution in [-0.2, 0) is 13.1 Å². The van der Waals surface area contributed by atoms with Gasteiger partial charge in [0.2, 0.25) is 0 Å². The van der Waals surface area contributed by atoms with E-state index in [0.29, 0.717) is 23.7 Å². The summed E-state index contributed by atoms with van der Waals surface area (Å²) in [6, 6.07) is 6.99. The normalized spacial score (nSPS) is 10.6. The van der Waals surface area contributed by atoms with Crippen molar-refractivity contribution >= 4 is 11.6 Å². The Morgan fingerprint density at radius 2 is 2.12 bits per heavy atom. The molecule has 2 aromatic rings. The van der Waals surface area contributed by atoms with Gasteiger partial charge >= 0.3 is 0 Å². The Labute approximate surface area is 98.7 Å². The molecule has 0 atom stereocenters. The minimum Gasteiger partial charge on any atom is -0.508 e. The third-order valence-electron chi connectivity index (χ3n) is 2.31. The number of phenolic OH excluding ortho intramolecular Hbond substituents is 1. The third kappa shape index (κ3) is 2.56. The summed E-state index contributed by atoms with van der Waals surface area (Å²) in [7, 11) is 0. The molecule has 1 heterocycles. The van der Waals surface area contributed by atoms with Crippen LogP contribution in [0.1, 0.15) is 11.1 Å². The first-order chi connectivity index (χ1) is 7.77. The van der Waals surface area contributed by atoms with E-state index in [1.807, 2.05) is 6.07 Å². The highest BCUT2D eigenvalue weighted by atomic mass is 35.5. The van der Waals surface area contributed by atoms with Gasteiger partial charge in [-0.05, 0) is 18.2 Å². The summed E-state index contributed by atoms with van der Waals surface area (Å²) in [6.45, 7) is 1.21. The molecule has 0 fully saturated rings. The van der Waals surface area contributed by atoms with Crippen LogP contribution in [0.3, 0.4) is 0 Å². The summed E-state index contributed by atoms with van der Waals surface area (Å²) in [4.78, 5) is 0. The maximum atomic E-state index is 9.61. The molecule has 2 N–H and O–H groups in total. The number of nitrogens with one attached hydrogen (secondary N) is 1. The smallest absolute Gasteiger partial charge is 0.121 e. The highest BCUT2D eigenvalue weighted by Crippen LogP contribution is 2.24. The number of aromatic hydroxyl groups is 1. The van der Waals surface area contributed by atoms with E-state index in [0.717, 1.165) is 5.56 Å². The number of hydrogen-bond acceptors (Lipinski definition) is 3. The lowest BCUT2D eigenvalue weighted by molar-refractivity contribution is 0.464. The molecule has 1 aromatic carbocycles. The van der Waals surface area contributed by atoms with Crippen molar-refractivity contribution in [3.05, 3.63) is 52.9 Å². The van der Waals surface area contributed by atoms with Crippen molar-refractivity contribution in [1.29, 1.82) is 0 Å². The number of hydrogen-bond donors (Lipinski definition) is 2. The van der Waals surface area contributed by atoms with Crippen LogP contribution < -0.4 is 5.32 Å². The van der Waals surface area contributed by atoms with E-state index in [1.165, 1.54) is 0 Å². The van der Waals surface area contributed by atoms with Crippen LogP contribution >= 0.6 is 11.6 Å². The van der Waals surface area contributed by atoms with E-state index in [2.05, 4.69) is 5.32 Å². The van der Waals surface area contributed by atoms with Crippen molar-refractivity contribution in [1.82, 2.24) is 5.32 Å². The van der Waals surface area contributed by atoms with Gasteiger partial charge in [-0.2, -0.15) is 0 Å². The van der Waals surface area contributed by atoms with Gasteiger partial charge in [-0.15, -0.1) is 0 Å². The second kappa shape index (κ2) is 5.05. The van der Waals surface area contributed by atoms with Gasteiger partial charge < -0.3 is 14.8 Å². The molecule has 2 rings (SSSR count). The molecular weight excluding hydrogens is 226 g/mol. The highest BCUT2D eigenvalue weighted by molar-refractivity contribution is 6.31. The van der Waals surface area contributed by atoms with Gasteiger partial charge in [0.05, 0.1) is 12.5 Å². The van der Waals surface area contributed by atoms with Crippen LogP contribution in [0.25, 0.3) is 0 Å². The first-order valence-corrected chi connectivity index (χ1v) is 5.33. The zero-order valence-electron chi connectivity index (χ0n) is 8.61. The summed E-state index contributed by atoms with van der Waals surface area (Å²) in [6.07, 6.45) is 3.31. The van der Waals surface area contributed by atoms with Gasteiger partial charge in [-0.3, -0.25) is 0 Å². The van der Waals surface area contributed by atoms with Gasteiger partial charge in [-0.25, -0.2) is 0 Å². The molecule has 16 heavy (non-hydrogen) atoms. The second-order valence-corrected chi connectivity index (χ2v) is 3.88. The molecule has 3 nitrogen and oxygen atoms in total. The minimum atomic E-state index is 0.215. The van der Waals surface area contributed by atoms with Crippen LogP contribution in [-0.4, -0.2) is 5.11 Å². The number of furan rings is 1. The van der Waals surface area contributed by atoms with Crippen LogP contribution in [0.4, 0.5) is 0 Å². The first kappa shape index (κ1) is 11.0. The van der Waals surface area contributed by atoms with Crippen molar-refractivity contribution in [3.8, 4) is 5.75 Å². The molecular formula is C12H12ClNO2. The summed E-state index contributed by atoms with van der Waals surface area (Å²) in [5, 5.41) is 13.4. The van der Waals surface area contributed by atoms with E-state index in [9.17, 15) is 5.11 Å². The van der Waals surface area contributed by atoms with E-state index >= 15 is 0 Å². The van der Waals surface area contributed by atoms with E-state index in [-0.39, 0.29) is 5.75 Å². The van der Waals surface area contributed by atoms with Crippen molar-refractivity contribution in [2.45, 2.75) is 13.1 Å². The fourth-order valence-corrected chi connectivity index (χ4v) is 1.68. The topological polar surface area (TPSA) is 45.4 Å². The standard InChI is InChI=1S/C12H12ClNO2/c13-11-2-1-3-12(15)10(11)7-14-6-9-4-5-16-8-9/h1-5,8,14-15H,6-7H2. The van der Waals surface area contributed by atoms with E-state index < -0.39 is 0 Å². The number of rotatable bonds is 4. The summed E-state index contributed by atoms with van der Waals surface area (Å²) < 4.78 is 4.95. The molecule has 0 aliphatic carbocycles. The molecule has 0 spiro atoms. The quantitative estimate of drug-likeness (QED) is 0.860. The predicted octanol–water partition coefficient (Wildman–Crippen LogP) is 2.93. The van der Waals surface area contributed by atoms with Gasteiger partial charge in [0.1, 0.15) is 5.75 Å². The maximum absolute atomic E-state index is 9.61. The maximum Gasteiger partial charge on any atom is 0.121 e. The van der Waals surface area contributed by atoms with Crippen LogP contribution in [0.5, 0.6) is 5.75 Å². The Bertz CT molecular complexity index is 434. The monoisotopic (exact) mass is 237 g/mol. The zero-order valence-corrected chi connectivity index (χ0v) is 9.37. The minimum absolute atomic E-state index is 0.215.